The number of hydrogen-bond acceptors (Lipinski definition) is 6. The standard InChI is InChI=1S/C19H20ClF3N6O2S/c1-18(2,3)29-32(30,31)12-6-4-10(5-7-12)15-13(19(21,22)23)8-11(9-14(15)20)25-17-26-16(24)27-28-17/h4-9,29H,1-3H3,(H4,24,25,26,27,28). The number of sulfonamides is 1. The highest BCUT2D eigenvalue weighted by atomic mass is 35.5. The average molecular weight is 489 g/mol. The second kappa shape index (κ2) is 8.26. The van der Waals surface area contributed by atoms with Gasteiger partial charge in [0.05, 0.1) is 15.5 Å². The van der Waals surface area contributed by atoms with Crippen LogP contribution in [0.25, 0.3) is 11.1 Å². The predicted molar refractivity (Wildman–Crippen MR) is 116 cm³/mol. The van der Waals surface area contributed by atoms with E-state index in [1.165, 1.54) is 30.3 Å². The highest BCUT2D eigenvalue weighted by Crippen LogP contribution is 2.43. The lowest BCUT2D eigenvalue weighted by Crippen LogP contribution is -2.40. The van der Waals surface area contributed by atoms with E-state index in [1.54, 1.807) is 20.8 Å². The monoisotopic (exact) mass is 488 g/mol. The van der Waals surface area contributed by atoms with Gasteiger partial charge in [0, 0.05) is 16.8 Å². The fraction of sp³-hybridized carbons (Fsp3) is 0.263. The quantitative estimate of drug-likeness (QED) is 0.417. The number of aromatic amines is 1. The summed E-state index contributed by atoms with van der Waals surface area (Å²) in [4.78, 5) is 3.70. The Kier molecular flexibility index (Phi) is 6.15. The van der Waals surface area contributed by atoms with Crippen molar-refractivity contribution < 1.29 is 21.6 Å². The molecule has 8 nitrogen and oxygen atoms in total. The Balaban J connectivity index is 2.03. The van der Waals surface area contributed by atoms with Gasteiger partial charge in [0.15, 0.2) is 0 Å². The van der Waals surface area contributed by atoms with Gasteiger partial charge < -0.3 is 11.1 Å². The predicted octanol–water partition coefficient (Wildman–Crippen LogP) is 4.55. The Morgan fingerprint density at radius 2 is 1.72 bits per heavy atom. The van der Waals surface area contributed by atoms with Gasteiger partial charge in [-0.05, 0) is 50.6 Å². The maximum atomic E-state index is 13.8. The molecule has 172 valence electrons. The Morgan fingerprint density at radius 1 is 1.09 bits per heavy atom. The van der Waals surface area contributed by atoms with Crippen LogP contribution in [-0.2, 0) is 16.2 Å². The third-order valence-electron chi connectivity index (χ3n) is 4.05. The number of rotatable bonds is 5. The third kappa shape index (κ3) is 5.50. The van der Waals surface area contributed by atoms with Crippen molar-refractivity contribution in [1.82, 2.24) is 19.9 Å². The first-order valence-electron chi connectivity index (χ1n) is 9.16. The molecule has 0 saturated heterocycles. The summed E-state index contributed by atoms with van der Waals surface area (Å²) in [5.74, 6) is -0.0393. The smallest absolute Gasteiger partial charge is 0.368 e. The van der Waals surface area contributed by atoms with E-state index >= 15 is 0 Å². The minimum atomic E-state index is -4.74. The molecule has 0 bridgehead atoms. The van der Waals surface area contributed by atoms with Crippen LogP contribution in [0.3, 0.4) is 0 Å². The van der Waals surface area contributed by atoms with E-state index in [1.807, 2.05) is 0 Å². The van der Waals surface area contributed by atoms with Gasteiger partial charge in [-0.3, -0.25) is 0 Å². The van der Waals surface area contributed by atoms with Crippen molar-refractivity contribution in [2.45, 2.75) is 37.4 Å². The normalized spacial score (nSPS) is 12.7. The van der Waals surface area contributed by atoms with E-state index < -0.39 is 27.3 Å². The lowest BCUT2D eigenvalue weighted by atomic mass is 9.98. The van der Waals surface area contributed by atoms with Crippen molar-refractivity contribution in [1.29, 1.82) is 0 Å². The number of nitrogens with zero attached hydrogens (tertiary/aromatic N) is 2. The van der Waals surface area contributed by atoms with Crippen LogP contribution >= 0.6 is 11.6 Å². The first kappa shape index (κ1) is 23.8. The lowest BCUT2D eigenvalue weighted by molar-refractivity contribution is -0.137. The Hall–Kier alpha value is -2.83. The second-order valence-electron chi connectivity index (χ2n) is 7.93. The summed E-state index contributed by atoms with van der Waals surface area (Å²) in [6, 6.07) is 7.14. The largest absolute Gasteiger partial charge is 0.417 e. The number of nitrogens with one attached hydrogen (secondary N) is 3. The zero-order valence-corrected chi connectivity index (χ0v) is 18.7. The minimum absolute atomic E-state index is 0.00125. The van der Waals surface area contributed by atoms with Crippen LogP contribution in [0.1, 0.15) is 26.3 Å². The highest BCUT2D eigenvalue weighted by Gasteiger charge is 2.35. The average Bonchev–Trinajstić information content (AvgIpc) is 3.03. The fourth-order valence-corrected chi connectivity index (χ4v) is 4.66. The van der Waals surface area contributed by atoms with Gasteiger partial charge in [-0.1, -0.05) is 23.7 Å². The van der Waals surface area contributed by atoms with E-state index in [-0.39, 0.29) is 38.6 Å². The zero-order chi connectivity index (χ0) is 23.9. The number of nitrogens with two attached hydrogens (primary N) is 1. The van der Waals surface area contributed by atoms with Crippen LogP contribution in [0.15, 0.2) is 41.3 Å². The number of benzene rings is 2. The topological polar surface area (TPSA) is 126 Å². The molecule has 13 heteroatoms. The van der Waals surface area contributed by atoms with Gasteiger partial charge in [-0.25, -0.2) is 18.2 Å². The number of alkyl halides is 3. The van der Waals surface area contributed by atoms with E-state index in [4.69, 9.17) is 17.3 Å². The molecule has 0 fully saturated rings. The van der Waals surface area contributed by atoms with Gasteiger partial charge in [0.25, 0.3) is 0 Å². The first-order chi connectivity index (χ1) is 14.7. The van der Waals surface area contributed by atoms with Crippen LogP contribution in [0.2, 0.25) is 5.02 Å². The second-order valence-corrected chi connectivity index (χ2v) is 10.0. The van der Waals surface area contributed by atoms with Crippen molar-refractivity contribution in [3.8, 4) is 11.1 Å². The van der Waals surface area contributed by atoms with E-state index in [0.717, 1.165) is 6.07 Å². The number of anilines is 3. The van der Waals surface area contributed by atoms with Gasteiger partial charge in [-0.15, -0.1) is 5.10 Å². The van der Waals surface area contributed by atoms with Gasteiger partial charge in [-0.2, -0.15) is 18.2 Å². The van der Waals surface area contributed by atoms with Crippen molar-refractivity contribution >= 4 is 39.2 Å². The van der Waals surface area contributed by atoms with Crippen LogP contribution in [0.5, 0.6) is 0 Å². The lowest BCUT2D eigenvalue weighted by Gasteiger charge is -2.21. The van der Waals surface area contributed by atoms with Gasteiger partial charge in [0.2, 0.25) is 21.9 Å². The molecule has 5 N–H and O–H groups in total. The number of hydrogen-bond donors (Lipinski definition) is 4. The molecule has 2 aromatic carbocycles. The summed E-state index contributed by atoms with van der Waals surface area (Å²) in [6.45, 7) is 5.03. The minimum Gasteiger partial charge on any atom is -0.368 e. The van der Waals surface area contributed by atoms with Crippen LogP contribution in [0.4, 0.5) is 30.8 Å². The molecule has 0 amide bonds. The summed E-state index contributed by atoms with van der Waals surface area (Å²) in [7, 11) is -3.85. The van der Waals surface area contributed by atoms with E-state index in [0.29, 0.717) is 0 Å². The number of H-pyrrole nitrogens is 1. The Morgan fingerprint density at radius 3 is 2.22 bits per heavy atom. The first-order valence-corrected chi connectivity index (χ1v) is 11.0. The summed E-state index contributed by atoms with van der Waals surface area (Å²) in [6.07, 6.45) is -4.74. The van der Waals surface area contributed by atoms with Gasteiger partial charge >= 0.3 is 6.18 Å². The number of nitrogen functional groups attached to an aromatic ring is 1. The molecule has 0 spiro atoms. The van der Waals surface area contributed by atoms with Crippen LogP contribution in [-0.4, -0.2) is 29.1 Å². The molecule has 3 aromatic rings. The van der Waals surface area contributed by atoms with Crippen molar-refractivity contribution in [3.05, 3.63) is 47.0 Å². The summed E-state index contributed by atoms with van der Waals surface area (Å²) >= 11 is 6.22. The molecule has 0 aliphatic heterocycles. The maximum absolute atomic E-state index is 13.8. The molecule has 0 aliphatic carbocycles. The number of halogens is 4. The molecule has 1 heterocycles. The third-order valence-corrected chi connectivity index (χ3v) is 6.12. The fourth-order valence-electron chi connectivity index (χ4n) is 2.92. The summed E-state index contributed by atoms with van der Waals surface area (Å²) < 4.78 is 68.9. The SMILES string of the molecule is CC(C)(C)NS(=O)(=O)c1ccc(-c2c(Cl)cc(Nc3n[nH]c(N)n3)cc2C(F)(F)F)cc1. The van der Waals surface area contributed by atoms with E-state index in [2.05, 4.69) is 25.2 Å². The molecule has 0 radical (unpaired) electrons. The summed E-state index contributed by atoms with van der Waals surface area (Å²) in [5.41, 5.74) is 3.50. The molecule has 0 unspecified atom stereocenters. The maximum Gasteiger partial charge on any atom is 0.417 e. The molecule has 1 aromatic heterocycles. The Bertz CT molecular complexity index is 1240. The molecule has 0 saturated carbocycles. The number of aromatic nitrogens is 3. The Labute approximate surface area is 187 Å². The highest BCUT2D eigenvalue weighted by molar-refractivity contribution is 7.89. The molecule has 3 rings (SSSR count). The van der Waals surface area contributed by atoms with Gasteiger partial charge in [0.1, 0.15) is 0 Å². The zero-order valence-electron chi connectivity index (χ0n) is 17.2. The van der Waals surface area contributed by atoms with Crippen molar-refractivity contribution in [3.63, 3.8) is 0 Å². The summed E-state index contributed by atoms with van der Waals surface area (Å²) in [5, 5.41) is 8.48. The molecular formula is C19H20ClF3N6O2S. The van der Waals surface area contributed by atoms with Crippen LogP contribution < -0.4 is 15.8 Å². The molecule has 32 heavy (non-hydrogen) atoms. The van der Waals surface area contributed by atoms with Crippen LogP contribution in [0, 0.1) is 0 Å². The van der Waals surface area contributed by atoms with E-state index in [9.17, 15) is 21.6 Å². The van der Waals surface area contributed by atoms with Crippen molar-refractivity contribution in [2.75, 3.05) is 11.1 Å². The molecule has 0 aliphatic rings. The molecule has 0 atom stereocenters. The van der Waals surface area contributed by atoms with Crippen molar-refractivity contribution in [2.24, 2.45) is 0 Å². The molecular weight excluding hydrogens is 469 g/mol.